The minimum atomic E-state index is -2.32. The number of aliphatic carboxylic acids is 1. The number of benzene rings is 2. The molecule has 1 aromatic heterocycles. The Morgan fingerprint density at radius 2 is 1.80 bits per heavy atom. The van der Waals surface area contributed by atoms with E-state index in [1.54, 1.807) is 10.9 Å². The number of amides is 1. The lowest BCUT2D eigenvalue weighted by molar-refractivity contribution is -0.310. The highest BCUT2D eigenvalue weighted by molar-refractivity contribution is 7.80. The lowest BCUT2D eigenvalue weighted by atomic mass is 9.88. The second-order valence-electron chi connectivity index (χ2n) is 9.89. The van der Waals surface area contributed by atoms with Crippen LogP contribution in [0, 0.1) is 0 Å². The normalized spacial score (nSPS) is 24.0. The van der Waals surface area contributed by atoms with Crippen LogP contribution in [0.1, 0.15) is 19.8 Å². The van der Waals surface area contributed by atoms with Crippen LogP contribution < -0.4 is 5.32 Å². The van der Waals surface area contributed by atoms with Crippen molar-refractivity contribution in [2.45, 2.75) is 62.6 Å². The van der Waals surface area contributed by atoms with Crippen LogP contribution in [0.3, 0.4) is 0 Å². The molecule has 2 aromatic carbocycles. The summed E-state index contributed by atoms with van der Waals surface area (Å²) in [7, 11) is 0. The molecule has 3 aromatic rings. The van der Waals surface area contributed by atoms with E-state index in [0.717, 1.165) is 16.7 Å². The van der Waals surface area contributed by atoms with Crippen LogP contribution in [0.25, 0.3) is 22.4 Å². The van der Waals surface area contributed by atoms with Crippen LogP contribution in [-0.2, 0) is 25.6 Å². The van der Waals surface area contributed by atoms with Crippen molar-refractivity contribution in [2.75, 3.05) is 12.4 Å². The SMILES string of the molecule is CC(=O)N[C@H]1[C@H]([C@H](O)[C@H](O)CS)O[C@@](OCCCn2cc(-c3ccc(-c4ccccc4)cc3)nn2)(C(=O)O)C[C@@H]1O. The first-order valence-corrected chi connectivity index (χ1v) is 13.8. The molecule has 1 aliphatic rings. The number of carboxylic acid groups (broad SMARTS) is 1. The predicted octanol–water partition coefficient (Wildman–Crippen LogP) is 1.11. The highest BCUT2D eigenvalue weighted by Gasteiger charge is 2.55. The summed E-state index contributed by atoms with van der Waals surface area (Å²) >= 11 is 3.95. The van der Waals surface area contributed by atoms with E-state index >= 15 is 0 Å². The fraction of sp³-hybridized carbons (Fsp3) is 0.429. The Morgan fingerprint density at radius 3 is 2.44 bits per heavy atom. The van der Waals surface area contributed by atoms with Gasteiger partial charge < -0.3 is 35.2 Å². The Bertz CT molecular complexity index is 1310. The van der Waals surface area contributed by atoms with Gasteiger partial charge in [-0.2, -0.15) is 12.6 Å². The third kappa shape index (κ3) is 7.31. The van der Waals surface area contributed by atoms with Gasteiger partial charge >= 0.3 is 5.97 Å². The summed E-state index contributed by atoms with van der Waals surface area (Å²) in [5.41, 5.74) is 3.76. The summed E-state index contributed by atoms with van der Waals surface area (Å²) < 4.78 is 12.9. The molecule has 0 unspecified atom stereocenters. The van der Waals surface area contributed by atoms with Crippen LogP contribution in [-0.4, -0.2) is 95.9 Å². The number of carbonyl (C=O) groups excluding carboxylic acids is 1. The first kappa shape index (κ1) is 30.6. The molecule has 5 N–H and O–H groups in total. The van der Waals surface area contributed by atoms with Gasteiger partial charge in [-0.15, -0.1) is 5.10 Å². The molecule has 12 nitrogen and oxygen atoms in total. The van der Waals surface area contributed by atoms with E-state index in [2.05, 4.69) is 28.3 Å². The Kier molecular flexibility index (Phi) is 10.1. The minimum Gasteiger partial charge on any atom is -0.477 e. The number of carboxylic acids is 1. The quantitative estimate of drug-likeness (QED) is 0.133. The summed E-state index contributed by atoms with van der Waals surface area (Å²) in [4.78, 5) is 23.9. The fourth-order valence-corrected chi connectivity index (χ4v) is 4.96. The van der Waals surface area contributed by atoms with Crippen molar-refractivity contribution in [3.05, 3.63) is 60.8 Å². The van der Waals surface area contributed by atoms with Crippen molar-refractivity contribution in [3.8, 4) is 22.4 Å². The van der Waals surface area contributed by atoms with E-state index in [4.69, 9.17) is 9.47 Å². The minimum absolute atomic E-state index is 0.0945. The van der Waals surface area contributed by atoms with Gasteiger partial charge in [0.05, 0.1) is 31.1 Å². The Hall–Kier alpha value is -3.33. The van der Waals surface area contributed by atoms with Crippen LogP contribution in [0.15, 0.2) is 60.8 Å². The molecule has 41 heavy (non-hydrogen) atoms. The maximum Gasteiger partial charge on any atom is 0.364 e. The van der Waals surface area contributed by atoms with Gasteiger partial charge in [0.15, 0.2) is 0 Å². The molecule has 4 rings (SSSR count). The van der Waals surface area contributed by atoms with Gasteiger partial charge in [0, 0.05) is 31.2 Å². The maximum absolute atomic E-state index is 12.3. The molecule has 0 radical (unpaired) electrons. The van der Waals surface area contributed by atoms with E-state index in [1.165, 1.54) is 6.92 Å². The molecular weight excluding hydrogens is 552 g/mol. The van der Waals surface area contributed by atoms with Crippen molar-refractivity contribution in [1.29, 1.82) is 0 Å². The number of carbonyl (C=O) groups is 2. The predicted molar refractivity (Wildman–Crippen MR) is 151 cm³/mol. The Balaban J connectivity index is 1.38. The highest BCUT2D eigenvalue weighted by atomic mass is 32.1. The Labute approximate surface area is 242 Å². The molecule has 2 heterocycles. The zero-order chi connectivity index (χ0) is 29.6. The summed E-state index contributed by atoms with van der Waals surface area (Å²) in [6.45, 7) is 1.46. The molecule has 1 amide bonds. The molecule has 1 saturated heterocycles. The smallest absolute Gasteiger partial charge is 0.364 e. The average Bonchev–Trinajstić information content (AvgIpc) is 3.45. The number of hydrogen-bond acceptors (Lipinski definition) is 10. The summed E-state index contributed by atoms with van der Waals surface area (Å²) in [6, 6.07) is 16.8. The molecule has 0 saturated carbocycles. The fourth-order valence-electron chi connectivity index (χ4n) is 4.74. The van der Waals surface area contributed by atoms with Gasteiger partial charge in [-0.05, 0) is 17.5 Å². The second kappa shape index (κ2) is 13.6. The van der Waals surface area contributed by atoms with E-state index in [0.29, 0.717) is 18.7 Å². The van der Waals surface area contributed by atoms with Gasteiger partial charge in [0.25, 0.3) is 5.79 Å². The lowest BCUT2D eigenvalue weighted by Crippen LogP contribution is -2.67. The van der Waals surface area contributed by atoms with Crippen LogP contribution in [0.5, 0.6) is 0 Å². The van der Waals surface area contributed by atoms with Crippen molar-refractivity contribution in [1.82, 2.24) is 20.3 Å². The summed E-state index contributed by atoms with van der Waals surface area (Å²) in [5, 5.41) is 52.2. The maximum atomic E-state index is 12.3. The molecule has 0 aliphatic carbocycles. The standard InChI is InChI=1S/C28H34N4O8S/c1-17(33)29-24-22(34)14-28(27(37)38,40-26(24)25(36)23(35)16-41)39-13-5-12-32-15-21(30-31-32)20-10-8-19(9-11-20)18-6-3-2-4-7-18/h2-4,6-11,15,22-26,34-36,41H,5,12-14,16H2,1H3,(H,29,33)(H,37,38)/t22-,23+,24+,25+,26+,28+/m0/s1. The number of aliphatic hydroxyl groups excluding tert-OH is 3. The zero-order valence-corrected chi connectivity index (χ0v) is 23.3. The van der Waals surface area contributed by atoms with E-state index in [1.807, 2.05) is 54.6 Å². The third-order valence-corrected chi connectivity index (χ3v) is 7.25. The number of ether oxygens (including phenoxy) is 2. The lowest BCUT2D eigenvalue weighted by Gasteiger charge is -2.46. The molecule has 13 heteroatoms. The molecule has 0 bridgehead atoms. The third-order valence-electron chi connectivity index (χ3n) is 6.88. The van der Waals surface area contributed by atoms with Crippen molar-refractivity contribution in [3.63, 3.8) is 0 Å². The summed E-state index contributed by atoms with van der Waals surface area (Å²) in [6.07, 6.45) is -4.40. The molecular formula is C28H34N4O8S. The monoisotopic (exact) mass is 586 g/mol. The molecule has 220 valence electrons. The number of nitrogens with zero attached hydrogens (tertiary/aromatic N) is 3. The van der Waals surface area contributed by atoms with E-state index < -0.39 is 54.5 Å². The van der Waals surface area contributed by atoms with Gasteiger partial charge in [0.1, 0.15) is 17.9 Å². The van der Waals surface area contributed by atoms with Crippen molar-refractivity contribution < 1.29 is 39.5 Å². The van der Waals surface area contributed by atoms with Gasteiger partial charge in [-0.25, -0.2) is 4.79 Å². The molecule has 1 fully saturated rings. The van der Waals surface area contributed by atoms with Crippen LogP contribution >= 0.6 is 12.6 Å². The van der Waals surface area contributed by atoms with Crippen LogP contribution in [0.2, 0.25) is 0 Å². The first-order valence-electron chi connectivity index (χ1n) is 13.2. The highest BCUT2D eigenvalue weighted by Crippen LogP contribution is 2.34. The summed E-state index contributed by atoms with van der Waals surface area (Å²) in [5.74, 6) is -4.53. The van der Waals surface area contributed by atoms with Gasteiger partial charge in [-0.1, -0.05) is 59.8 Å². The number of hydrogen-bond donors (Lipinski definition) is 6. The van der Waals surface area contributed by atoms with E-state index in [-0.39, 0.29) is 12.4 Å². The number of aromatic nitrogens is 3. The van der Waals surface area contributed by atoms with Gasteiger partial charge in [-0.3, -0.25) is 9.48 Å². The number of thiol groups is 1. The largest absolute Gasteiger partial charge is 0.477 e. The number of aryl methyl sites for hydroxylation is 1. The molecule has 0 spiro atoms. The Morgan fingerprint density at radius 1 is 1.15 bits per heavy atom. The van der Waals surface area contributed by atoms with E-state index in [9.17, 15) is 30.0 Å². The number of rotatable bonds is 12. The average molecular weight is 587 g/mol. The van der Waals surface area contributed by atoms with Crippen LogP contribution in [0.4, 0.5) is 0 Å². The number of nitrogens with one attached hydrogen (secondary N) is 1. The zero-order valence-electron chi connectivity index (χ0n) is 22.4. The number of aliphatic hydroxyl groups is 3. The van der Waals surface area contributed by atoms with Crippen molar-refractivity contribution in [2.24, 2.45) is 0 Å². The van der Waals surface area contributed by atoms with Crippen molar-refractivity contribution >= 4 is 24.5 Å². The molecule has 6 atom stereocenters. The van der Waals surface area contributed by atoms with Gasteiger partial charge in [0.2, 0.25) is 5.91 Å². The second-order valence-corrected chi connectivity index (χ2v) is 10.3. The topological polar surface area (TPSA) is 176 Å². The molecule has 1 aliphatic heterocycles. The first-order chi connectivity index (χ1) is 19.6.